The molecule has 0 amide bonds. The molecule has 0 aliphatic rings. The lowest BCUT2D eigenvalue weighted by atomic mass is 10.2. The van der Waals surface area contributed by atoms with E-state index in [0.29, 0.717) is 0 Å². The molecule has 0 fully saturated rings. The Bertz CT molecular complexity index is 593. The number of para-hydroxylation sites is 1. The van der Waals surface area contributed by atoms with Crippen LogP contribution in [0.25, 0.3) is 0 Å². The maximum absolute atomic E-state index is 11.8. The van der Waals surface area contributed by atoms with Crippen LogP contribution in [0.3, 0.4) is 0 Å². The number of nitrogens with zero attached hydrogens (tertiary/aromatic N) is 2. The van der Waals surface area contributed by atoms with Crippen LogP contribution in [-0.2, 0) is 7.05 Å². The van der Waals surface area contributed by atoms with Gasteiger partial charge in [-0.05, 0) is 32.0 Å². The quantitative estimate of drug-likeness (QED) is 0.861. The minimum absolute atomic E-state index is 0. The van der Waals surface area contributed by atoms with Crippen molar-refractivity contribution in [1.29, 1.82) is 0 Å². The minimum atomic E-state index is 0. The fraction of sp³-hybridized carbons (Fsp3) is 0.267. The van der Waals surface area contributed by atoms with Gasteiger partial charge in [0.05, 0.1) is 0 Å². The minimum Gasteiger partial charge on any atom is -0.342 e. The molecular weight excluding hydrogens is 260 g/mol. The predicted molar refractivity (Wildman–Crippen MR) is 82.8 cm³/mol. The van der Waals surface area contributed by atoms with E-state index in [4.69, 9.17) is 0 Å². The Labute approximate surface area is 119 Å². The second-order valence-corrected chi connectivity index (χ2v) is 4.33. The van der Waals surface area contributed by atoms with Crippen LogP contribution < -0.4 is 10.5 Å². The topological polar surface area (TPSA) is 25.2 Å². The molecule has 4 heteroatoms. The predicted octanol–water partition coefficient (Wildman–Crippen LogP) is 3.27. The van der Waals surface area contributed by atoms with Crippen molar-refractivity contribution in [1.82, 2.24) is 4.57 Å². The summed E-state index contributed by atoms with van der Waals surface area (Å²) in [5.41, 5.74) is 3.04. The van der Waals surface area contributed by atoms with Crippen LogP contribution in [0.5, 0.6) is 0 Å². The molecule has 0 saturated carbocycles. The molecule has 0 N–H and O–H groups in total. The van der Waals surface area contributed by atoms with Crippen molar-refractivity contribution in [3.8, 4) is 0 Å². The molecule has 2 rings (SSSR count). The highest BCUT2D eigenvalue weighted by Gasteiger charge is 2.09. The largest absolute Gasteiger partial charge is 0.342 e. The zero-order valence-electron chi connectivity index (χ0n) is 11.5. The van der Waals surface area contributed by atoms with Gasteiger partial charge in [-0.2, -0.15) is 0 Å². The van der Waals surface area contributed by atoms with Crippen molar-refractivity contribution in [2.75, 3.05) is 11.4 Å². The van der Waals surface area contributed by atoms with Gasteiger partial charge in [0.2, 0.25) is 0 Å². The number of aryl methyl sites for hydroxylation is 1. The van der Waals surface area contributed by atoms with E-state index in [1.54, 1.807) is 17.7 Å². The Kier molecular flexibility index (Phi) is 5.19. The third kappa shape index (κ3) is 3.18. The molecule has 1 heterocycles. The van der Waals surface area contributed by atoms with Gasteiger partial charge < -0.3 is 9.47 Å². The van der Waals surface area contributed by atoms with Crippen LogP contribution in [-0.4, -0.2) is 11.1 Å². The van der Waals surface area contributed by atoms with Crippen LogP contribution in [0.4, 0.5) is 11.4 Å². The van der Waals surface area contributed by atoms with Crippen LogP contribution in [0.15, 0.2) is 47.3 Å². The summed E-state index contributed by atoms with van der Waals surface area (Å²) in [5, 5.41) is 0. The van der Waals surface area contributed by atoms with Crippen molar-refractivity contribution < 1.29 is 0 Å². The Hall–Kier alpha value is -1.74. The number of aromatic nitrogens is 1. The standard InChI is InChI=1S/C15H18N2O.ClH/c1-4-17(13-8-6-5-7-9-13)14-10-12(2)16(3)15(18)11-14;/h5-11H,4H2,1-3H3;1H. The molecular formula is C15H19ClN2O. The zero-order chi connectivity index (χ0) is 13.1. The summed E-state index contributed by atoms with van der Waals surface area (Å²) in [6.45, 7) is 4.86. The molecule has 2 aromatic rings. The average molecular weight is 279 g/mol. The van der Waals surface area contributed by atoms with E-state index >= 15 is 0 Å². The molecule has 102 valence electrons. The number of hydrogen-bond donors (Lipinski definition) is 0. The van der Waals surface area contributed by atoms with Gasteiger partial charge in [-0.25, -0.2) is 0 Å². The maximum Gasteiger partial charge on any atom is 0.252 e. The molecule has 0 radical (unpaired) electrons. The molecule has 3 nitrogen and oxygen atoms in total. The molecule has 0 spiro atoms. The number of hydrogen-bond acceptors (Lipinski definition) is 2. The first kappa shape index (κ1) is 15.3. The zero-order valence-corrected chi connectivity index (χ0v) is 12.3. The fourth-order valence-electron chi connectivity index (χ4n) is 2.03. The SMILES string of the molecule is CCN(c1ccccc1)c1cc(C)n(C)c(=O)c1.Cl. The van der Waals surface area contributed by atoms with Crippen LogP contribution >= 0.6 is 12.4 Å². The van der Waals surface area contributed by atoms with Gasteiger partial charge in [0.15, 0.2) is 0 Å². The van der Waals surface area contributed by atoms with Gasteiger partial charge in [0.25, 0.3) is 5.56 Å². The first-order chi connectivity index (χ1) is 8.63. The molecule has 0 bridgehead atoms. The van der Waals surface area contributed by atoms with Crippen LogP contribution in [0, 0.1) is 6.92 Å². The van der Waals surface area contributed by atoms with E-state index in [-0.39, 0.29) is 18.0 Å². The third-order valence-corrected chi connectivity index (χ3v) is 3.18. The van der Waals surface area contributed by atoms with Gasteiger partial charge in [-0.15, -0.1) is 12.4 Å². The number of anilines is 2. The van der Waals surface area contributed by atoms with E-state index in [2.05, 4.69) is 24.0 Å². The second-order valence-electron chi connectivity index (χ2n) is 4.33. The van der Waals surface area contributed by atoms with Gasteiger partial charge in [-0.3, -0.25) is 4.79 Å². The highest BCUT2D eigenvalue weighted by molar-refractivity contribution is 5.85. The van der Waals surface area contributed by atoms with Crippen molar-refractivity contribution in [2.45, 2.75) is 13.8 Å². The Morgan fingerprint density at radius 1 is 1.11 bits per heavy atom. The van der Waals surface area contributed by atoms with Crippen LogP contribution in [0.2, 0.25) is 0 Å². The second kappa shape index (κ2) is 6.43. The summed E-state index contributed by atoms with van der Waals surface area (Å²) >= 11 is 0. The lowest BCUT2D eigenvalue weighted by Gasteiger charge is -2.23. The maximum atomic E-state index is 11.8. The Morgan fingerprint density at radius 3 is 2.26 bits per heavy atom. The van der Waals surface area contributed by atoms with Crippen molar-refractivity contribution in [2.24, 2.45) is 7.05 Å². The molecule has 0 unspecified atom stereocenters. The van der Waals surface area contributed by atoms with E-state index in [9.17, 15) is 4.79 Å². The fourth-order valence-corrected chi connectivity index (χ4v) is 2.03. The highest BCUT2D eigenvalue weighted by Crippen LogP contribution is 2.23. The number of benzene rings is 1. The Morgan fingerprint density at radius 2 is 1.74 bits per heavy atom. The molecule has 19 heavy (non-hydrogen) atoms. The normalized spacial score (nSPS) is 9.84. The molecule has 0 saturated heterocycles. The summed E-state index contributed by atoms with van der Waals surface area (Å²) in [4.78, 5) is 14.0. The van der Waals surface area contributed by atoms with Crippen molar-refractivity contribution in [3.05, 3.63) is 58.5 Å². The van der Waals surface area contributed by atoms with E-state index in [1.807, 2.05) is 31.2 Å². The first-order valence-electron chi connectivity index (χ1n) is 6.13. The van der Waals surface area contributed by atoms with Gasteiger partial charge in [0, 0.05) is 36.7 Å². The number of rotatable bonds is 3. The molecule has 0 atom stereocenters. The van der Waals surface area contributed by atoms with Crippen molar-refractivity contribution >= 4 is 23.8 Å². The summed E-state index contributed by atoms with van der Waals surface area (Å²) in [6, 6.07) is 13.8. The lowest BCUT2D eigenvalue weighted by molar-refractivity contribution is 0.815. The number of pyridine rings is 1. The first-order valence-corrected chi connectivity index (χ1v) is 6.13. The van der Waals surface area contributed by atoms with E-state index < -0.39 is 0 Å². The summed E-state index contributed by atoms with van der Waals surface area (Å²) < 4.78 is 1.66. The summed E-state index contributed by atoms with van der Waals surface area (Å²) in [6.07, 6.45) is 0. The highest BCUT2D eigenvalue weighted by atomic mass is 35.5. The Balaban J connectivity index is 0.00000180. The van der Waals surface area contributed by atoms with Gasteiger partial charge in [0.1, 0.15) is 0 Å². The third-order valence-electron chi connectivity index (χ3n) is 3.18. The van der Waals surface area contributed by atoms with Crippen LogP contribution in [0.1, 0.15) is 12.6 Å². The van der Waals surface area contributed by atoms with Crippen molar-refractivity contribution in [3.63, 3.8) is 0 Å². The molecule has 1 aromatic carbocycles. The molecule has 1 aromatic heterocycles. The molecule has 0 aliphatic heterocycles. The smallest absolute Gasteiger partial charge is 0.252 e. The van der Waals surface area contributed by atoms with Gasteiger partial charge in [-0.1, -0.05) is 18.2 Å². The van der Waals surface area contributed by atoms with Gasteiger partial charge >= 0.3 is 0 Å². The summed E-state index contributed by atoms with van der Waals surface area (Å²) in [5.74, 6) is 0. The number of halogens is 1. The monoisotopic (exact) mass is 278 g/mol. The van der Waals surface area contributed by atoms with E-state index in [0.717, 1.165) is 23.6 Å². The summed E-state index contributed by atoms with van der Waals surface area (Å²) in [7, 11) is 1.79. The van der Waals surface area contributed by atoms with E-state index in [1.165, 1.54) is 0 Å². The molecule has 0 aliphatic carbocycles. The lowest BCUT2D eigenvalue weighted by Crippen LogP contribution is -2.23. The average Bonchev–Trinajstić information content (AvgIpc) is 2.38.